The molecule has 26 heavy (non-hydrogen) atoms. The van der Waals surface area contributed by atoms with Crippen LogP contribution in [-0.4, -0.2) is 28.2 Å². The van der Waals surface area contributed by atoms with Gasteiger partial charge in [0.2, 0.25) is 5.16 Å². The molecule has 0 saturated heterocycles. The Morgan fingerprint density at radius 2 is 2.00 bits per heavy atom. The van der Waals surface area contributed by atoms with Gasteiger partial charge in [0, 0.05) is 11.3 Å². The highest BCUT2D eigenvalue weighted by Gasteiger charge is 2.09. The van der Waals surface area contributed by atoms with Crippen LogP contribution in [0.3, 0.4) is 0 Å². The molecule has 3 rings (SSSR count). The van der Waals surface area contributed by atoms with Crippen LogP contribution in [0.4, 0.5) is 10.3 Å². The molecule has 0 fully saturated rings. The van der Waals surface area contributed by atoms with E-state index < -0.39 is 0 Å². The van der Waals surface area contributed by atoms with E-state index in [1.54, 1.807) is 25.3 Å². The van der Waals surface area contributed by atoms with Crippen molar-refractivity contribution < 1.29 is 9.13 Å². The van der Waals surface area contributed by atoms with Crippen LogP contribution < -0.4 is 16.0 Å². The van der Waals surface area contributed by atoms with Crippen molar-refractivity contribution in [2.45, 2.75) is 10.9 Å². The molecular weight excluding hydrogens is 355 g/mol. The van der Waals surface area contributed by atoms with Crippen LogP contribution in [0.2, 0.25) is 0 Å². The van der Waals surface area contributed by atoms with E-state index in [0.717, 1.165) is 11.3 Å². The second-order valence-electron chi connectivity index (χ2n) is 5.20. The Morgan fingerprint density at radius 1 is 1.23 bits per heavy atom. The number of methoxy groups -OCH3 is 1. The topological polar surface area (TPSA) is 90.4 Å². The molecule has 3 aromatic rings. The van der Waals surface area contributed by atoms with Gasteiger partial charge < -0.3 is 10.6 Å². The number of ether oxygens (including phenoxy) is 1. The molecule has 2 aromatic carbocycles. The van der Waals surface area contributed by atoms with Crippen LogP contribution in [0.5, 0.6) is 5.75 Å². The molecule has 0 bridgehead atoms. The SMILES string of the molecule is COc1ccc(CSc2nnc(N/N=C/c3ccccc3F)n2N)cc1. The minimum absolute atomic E-state index is 0.259. The number of aromatic nitrogens is 3. The van der Waals surface area contributed by atoms with Gasteiger partial charge in [-0.05, 0) is 23.8 Å². The van der Waals surface area contributed by atoms with Crippen LogP contribution in [0.1, 0.15) is 11.1 Å². The molecule has 7 nitrogen and oxygen atoms in total. The first-order valence-corrected chi connectivity index (χ1v) is 8.66. The summed E-state index contributed by atoms with van der Waals surface area (Å²) in [6.07, 6.45) is 1.36. The van der Waals surface area contributed by atoms with Crippen molar-refractivity contribution in [2.75, 3.05) is 18.4 Å². The Bertz CT molecular complexity index is 897. The fourth-order valence-electron chi connectivity index (χ4n) is 2.06. The first-order valence-electron chi connectivity index (χ1n) is 7.67. The molecule has 3 N–H and O–H groups in total. The smallest absolute Gasteiger partial charge is 0.264 e. The monoisotopic (exact) mass is 372 g/mol. The van der Waals surface area contributed by atoms with Crippen molar-refractivity contribution >= 4 is 23.9 Å². The molecule has 0 aliphatic rings. The molecule has 0 amide bonds. The Hall–Kier alpha value is -3.07. The number of hydrogen-bond acceptors (Lipinski definition) is 7. The number of hydrazone groups is 1. The third-order valence-corrected chi connectivity index (χ3v) is 4.48. The fraction of sp³-hybridized carbons (Fsp3) is 0.118. The minimum atomic E-state index is -0.358. The molecule has 0 saturated carbocycles. The Labute approximate surface area is 154 Å². The molecule has 0 aliphatic heterocycles. The van der Waals surface area contributed by atoms with E-state index in [1.807, 2.05) is 24.3 Å². The summed E-state index contributed by atoms with van der Waals surface area (Å²) in [6, 6.07) is 14.1. The fourth-order valence-corrected chi connectivity index (χ4v) is 2.87. The Balaban J connectivity index is 1.59. The lowest BCUT2D eigenvalue weighted by molar-refractivity contribution is 0.414. The first kappa shape index (κ1) is 17.7. The van der Waals surface area contributed by atoms with Crippen molar-refractivity contribution in [1.82, 2.24) is 14.9 Å². The van der Waals surface area contributed by atoms with E-state index in [-0.39, 0.29) is 11.8 Å². The van der Waals surface area contributed by atoms with Gasteiger partial charge in [-0.1, -0.05) is 42.1 Å². The first-order chi connectivity index (χ1) is 12.7. The van der Waals surface area contributed by atoms with Crippen LogP contribution in [0, 0.1) is 5.82 Å². The lowest BCUT2D eigenvalue weighted by Gasteiger charge is -2.04. The maximum absolute atomic E-state index is 13.5. The molecule has 0 radical (unpaired) electrons. The van der Waals surface area contributed by atoms with Gasteiger partial charge in [0.05, 0.1) is 13.3 Å². The van der Waals surface area contributed by atoms with Gasteiger partial charge >= 0.3 is 0 Å². The van der Waals surface area contributed by atoms with E-state index in [2.05, 4.69) is 20.7 Å². The normalized spacial score (nSPS) is 11.0. The summed E-state index contributed by atoms with van der Waals surface area (Å²) in [4.78, 5) is 0. The summed E-state index contributed by atoms with van der Waals surface area (Å²) in [5, 5.41) is 12.4. The molecule has 1 heterocycles. The third kappa shape index (κ3) is 4.31. The molecule has 0 spiro atoms. The highest BCUT2D eigenvalue weighted by molar-refractivity contribution is 7.98. The number of rotatable bonds is 7. The van der Waals surface area contributed by atoms with E-state index in [4.69, 9.17) is 10.6 Å². The van der Waals surface area contributed by atoms with Gasteiger partial charge in [-0.2, -0.15) is 5.10 Å². The number of halogens is 1. The third-order valence-electron chi connectivity index (χ3n) is 3.46. The molecule has 0 aliphatic carbocycles. The predicted octanol–water partition coefficient (Wildman–Crippen LogP) is 2.88. The summed E-state index contributed by atoms with van der Waals surface area (Å²) in [5.41, 5.74) is 4.12. The molecule has 9 heteroatoms. The summed E-state index contributed by atoms with van der Waals surface area (Å²) in [5.74, 6) is 7.35. The van der Waals surface area contributed by atoms with Crippen molar-refractivity contribution in [3.05, 3.63) is 65.5 Å². The van der Waals surface area contributed by atoms with E-state index in [1.165, 1.54) is 28.7 Å². The number of thioether (sulfide) groups is 1. The molecule has 0 unspecified atom stereocenters. The predicted molar refractivity (Wildman–Crippen MR) is 100 cm³/mol. The van der Waals surface area contributed by atoms with Gasteiger partial charge in [-0.15, -0.1) is 10.2 Å². The van der Waals surface area contributed by atoms with Gasteiger partial charge in [-0.3, -0.25) is 0 Å². The molecule has 0 atom stereocenters. The molecule has 1 aromatic heterocycles. The summed E-state index contributed by atoms with van der Waals surface area (Å²) in [7, 11) is 1.63. The zero-order valence-electron chi connectivity index (χ0n) is 14.0. The molecule has 134 valence electrons. The second kappa shape index (κ2) is 8.34. The summed E-state index contributed by atoms with van der Waals surface area (Å²) < 4.78 is 20.0. The van der Waals surface area contributed by atoms with E-state index in [0.29, 0.717) is 16.5 Å². The molecular formula is C17H17FN6OS. The Morgan fingerprint density at radius 3 is 2.73 bits per heavy atom. The quantitative estimate of drug-likeness (QED) is 0.287. The number of benzene rings is 2. The standard InChI is InChI=1S/C17H17FN6OS/c1-25-14-8-6-12(7-9-14)11-26-17-23-22-16(24(17)19)21-20-10-13-4-2-3-5-15(13)18/h2-10H,11,19H2,1H3,(H,21,22)/b20-10+. The zero-order valence-corrected chi connectivity index (χ0v) is 14.8. The maximum Gasteiger partial charge on any atom is 0.264 e. The number of nitrogens with two attached hydrogens (primary N) is 1. The second-order valence-corrected chi connectivity index (χ2v) is 6.15. The number of nitrogen functional groups attached to an aromatic ring is 1. The van der Waals surface area contributed by atoms with Gasteiger partial charge in [0.1, 0.15) is 11.6 Å². The van der Waals surface area contributed by atoms with Crippen LogP contribution in [-0.2, 0) is 5.75 Å². The van der Waals surface area contributed by atoms with Gasteiger partial charge in [0.15, 0.2) is 0 Å². The van der Waals surface area contributed by atoms with Gasteiger partial charge in [-0.25, -0.2) is 14.5 Å². The van der Waals surface area contributed by atoms with Crippen molar-refractivity contribution in [2.24, 2.45) is 5.10 Å². The van der Waals surface area contributed by atoms with Crippen LogP contribution >= 0.6 is 11.8 Å². The average Bonchev–Trinajstić information content (AvgIpc) is 3.02. The maximum atomic E-state index is 13.5. The minimum Gasteiger partial charge on any atom is -0.497 e. The lowest BCUT2D eigenvalue weighted by atomic mass is 10.2. The summed E-state index contributed by atoms with van der Waals surface area (Å²) >= 11 is 1.44. The van der Waals surface area contributed by atoms with Crippen molar-refractivity contribution in [1.29, 1.82) is 0 Å². The number of nitrogens with zero attached hydrogens (tertiary/aromatic N) is 4. The average molecular weight is 372 g/mol. The Kier molecular flexibility index (Phi) is 5.69. The largest absolute Gasteiger partial charge is 0.497 e. The zero-order chi connectivity index (χ0) is 18.4. The van der Waals surface area contributed by atoms with E-state index in [9.17, 15) is 4.39 Å². The highest BCUT2D eigenvalue weighted by Crippen LogP contribution is 2.23. The van der Waals surface area contributed by atoms with Gasteiger partial charge in [0.25, 0.3) is 5.95 Å². The van der Waals surface area contributed by atoms with Crippen LogP contribution in [0.15, 0.2) is 58.8 Å². The van der Waals surface area contributed by atoms with Crippen LogP contribution in [0.25, 0.3) is 0 Å². The lowest BCUT2D eigenvalue weighted by Crippen LogP contribution is -2.13. The summed E-state index contributed by atoms with van der Waals surface area (Å²) in [6.45, 7) is 0. The van der Waals surface area contributed by atoms with Crippen molar-refractivity contribution in [3.8, 4) is 5.75 Å². The van der Waals surface area contributed by atoms with Crippen molar-refractivity contribution in [3.63, 3.8) is 0 Å². The number of anilines is 1. The highest BCUT2D eigenvalue weighted by atomic mass is 32.2. The number of hydrogen-bond donors (Lipinski definition) is 2. The number of nitrogens with one attached hydrogen (secondary N) is 1. The van der Waals surface area contributed by atoms with E-state index >= 15 is 0 Å².